The van der Waals surface area contributed by atoms with Gasteiger partial charge in [0.15, 0.2) is 11.7 Å². The summed E-state index contributed by atoms with van der Waals surface area (Å²) in [5, 5.41) is 10.9. The average molecular weight is 561 g/mol. The SMILES string of the molecule is CCC(CC)c1cc(CNC(=NC)NCCN2CCN(C(=O)C3CCCC3)CC2)on1.I. The van der Waals surface area contributed by atoms with E-state index in [0.717, 1.165) is 82.4 Å². The maximum absolute atomic E-state index is 12.6. The van der Waals surface area contributed by atoms with E-state index in [1.54, 1.807) is 7.05 Å². The van der Waals surface area contributed by atoms with Crippen LogP contribution in [0.1, 0.15) is 69.7 Å². The van der Waals surface area contributed by atoms with E-state index < -0.39 is 0 Å². The van der Waals surface area contributed by atoms with Gasteiger partial charge in [-0.2, -0.15) is 0 Å². The Hall–Kier alpha value is -1.36. The predicted molar refractivity (Wildman–Crippen MR) is 138 cm³/mol. The molecule has 1 aromatic rings. The van der Waals surface area contributed by atoms with Crippen LogP contribution in [-0.4, -0.2) is 73.1 Å². The minimum atomic E-state index is 0. The van der Waals surface area contributed by atoms with Crippen LogP contribution in [0.5, 0.6) is 0 Å². The maximum atomic E-state index is 12.6. The van der Waals surface area contributed by atoms with E-state index in [2.05, 4.69) is 44.4 Å². The number of guanidine groups is 1. The summed E-state index contributed by atoms with van der Waals surface area (Å²) in [5.41, 5.74) is 1.04. The molecule has 1 aliphatic carbocycles. The third-order valence-corrected chi connectivity index (χ3v) is 6.74. The first-order valence-electron chi connectivity index (χ1n) is 12.1. The van der Waals surface area contributed by atoms with Gasteiger partial charge in [-0.05, 0) is 25.7 Å². The van der Waals surface area contributed by atoms with Crippen molar-refractivity contribution < 1.29 is 9.32 Å². The molecule has 32 heavy (non-hydrogen) atoms. The number of carbonyl (C=O) groups is 1. The minimum absolute atomic E-state index is 0. The molecule has 1 saturated heterocycles. The highest BCUT2D eigenvalue weighted by molar-refractivity contribution is 14.0. The van der Waals surface area contributed by atoms with Crippen molar-refractivity contribution in [2.24, 2.45) is 10.9 Å². The van der Waals surface area contributed by atoms with Crippen LogP contribution in [0.2, 0.25) is 0 Å². The lowest BCUT2D eigenvalue weighted by molar-refractivity contribution is -0.137. The molecule has 0 spiro atoms. The number of nitrogens with one attached hydrogen (secondary N) is 2. The first-order chi connectivity index (χ1) is 15.1. The van der Waals surface area contributed by atoms with Gasteiger partial charge in [-0.1, -0.05) is 31.8 Å². The number of amides is 1. The molecule has 0 radical (unpaired) electrons. The summed E-state index contributed by atoms with van der Waals surface area (Å²) in [6.45, 7) is 10.3. The Morgan fingerprint density at radius 2 is 1.88 bits per heavy atom. The summed E-state index contributed by atoms with van der Waals surface area (Å²) < 4.78 is 5.47. The van der Waals surface area contributed by atoms with Gasteiger partial charge in [0, 0.05) is 64.2 Å². The molecule has 1 aliphatic heterocycles. The summed E-state index contributed by atoms with van der Waals surface area (Å²) in [4.78, 5) is 21.4. The molecule has 0 bridgehead atoms. The molecule has 3 rings (SSSR count). The van der Waals surface area contributed by atoms with E-state index >= 15 is 0 Å². The molecule has 0 atom stereocenters. The second-order valence-electron chi connectivity index (χ2n) is 8.73. The Labute approximate surface area is 210 Å². The van der Waals surface area contributed by atoms with Crippen LogP contribution in [0, 0.1) is 5.92 Å². The first kappa shape index (κ1) is 26.9. The van der Waals surface area contributed by atoms with Gasteiger partial charge in [-0.3, -0.25) is 14.7 Å². The van der Waals surface area contributed by atoms with Gasteiger partial charge >= 0.3 is 0 Å². The summed E-state index contributed by atoms with van der Waals surface area (Å²) >= 11 is 0. The van der Waals surface area contributed by atoms with Crippen LogP contribution in [0.15, 0.2) is 15.6 Å². The normalized spacial score (nSPS) is 18.1. The zero-order valence-corrected chi connectivity index (χ0v) is 22.3. The lowest BCUT2D eigenvalue weighted by Gasteiger charge is -2.36. The largest absolute Gasteiger partial charge is 0.359 e. The topological polar surface area (TPSA) is 86.0 Å². The third-order valence-electron chi connectivity index (χ3n) is 6.74. The fraction of sp³-hybridized carbons (Fsp3) is 0.783. The van der Waals surface area contributed by atoms with Crippen LogP contribution >= 0.6 is 24.0 Å². The fourth-order valence-corrected chi connectivity index (χ4v) is 4.66. The second kappa shape index (κ2) is 14.0. The number of aromatic nitrogens is 1. The van der Waals surface area contributed by atoms with Crippen molar-refractivity contribution in [2.75, 3.05) is 46.3 Å². The number of hydrogen-bond donors (Lipinski definition) is 2. The van der Waals surface area contributed by atoms with E-state index in [9.17, 15) is 4.79 Å². The average Bonchev–Trinajstić information content (AvgIpc) is 3.50. The van der Waals surface area contributed by atoms with Crippen LogP contribution in [0.3, 0.4) is 0 Å². The molecular weight excluding hydrogens is 519 g/mol. The van der Waals surface area contributed by atoms with Gasteiger partial charge in [0.05, 0.1) is 12.2 Å². The molecule has 0 aromatic carbocycles. The Balaban J connectivity index is 0.00000363. The number of rotatable bonds is 9. The number of carbonyl (C=O) groups excluding carboxylic acids is 1. The van der Waals surface area contributed by atoms with E-state index in [1.165, 1.54) is 12.8 Å². The highest BCUT2D eigenvalue weighted by Gasteiger charge is 2.29. The van der Waals surface area contributed by atoms with Gasteiger partial charge < -0.3 is 20.1 Å². The molecule has 2 N–H and O–H groups in total. The molecule has 8 nitrogen and oxygen atoms in total. The van der Waals surface area contributed by atoms with Crippen molar-refractivity contribution in [3.05, 3.63) is 17.5 Å². The van der Waals surface area contributed by atoms with Crippen molar-refractivity contribution in [3.8, 4) is 0 Å². The zero-order chi connectivity index (χ0) is 22.1. The molecule has 1 aromatic heterocycles. The van der Waals surface area contributed by atoms with Crippen LogP contribution in [0.4, 0.5) is 0 Å². The Morgan fingerprint density at radius 1 is 1.19 bits per heavy atom. The number of aliphatic imine (C=N–C) groups is 1. The molecule has 2 fully saturated rings. The van der Waals surface area contributed by atoms with Gasteiger partial charge in [-0.15, -0.1) is 24.0 Å². The maximum Gasteiger partial charge on any atom is 0.225 e. The van der Waals surface area contributed by atoms with Gasteiger partial charge in [0.2, 0.25) is 5.91 Å². The predicted octanol–water partition coefficient (Wildman–Crippen LogP) is 3.20. The smallest absolute Gasteiger partial charge is 0.225 e. The number of halogens is 1. The molecule has 9 heteroatoms. The Bertz CT molecular complexity index is 707. The van der Waals surface area contributed by atoms with Crippen LogP contribution in [0.25, 0.3) is 0 Å². The minimum Gasteiger partial charge on any atom is -0.359 e. The fourth-order valence-electron chi connectivity index (χ4n) is 4.66. The lowest BCUT2D eigenvalue weighted by Crippen LogP contribution is -2.51. The molecule has 1 amide bonds. The molecular formula is C23H41IN6O2. The summed E-state index contributed by atoms with van der Waals surface area (Å²) in [6, 6.07) is 2.05. The van der Waals surface area contributed by atoms with Crippen LogP contribution < -0.4 is 10.6 Å². The quantitative estimate of drug-likeness (QED) is 0.274. The van der Waals surface area contributed by atoms with E-state index in [-0.39, 0.29) is 29.9 Å². The van der Waals surface area contributed by atoms with Crippen LogP contribution in [-0.2, 0) is 11.3 Å². The van der Waals surface area contributed by atoms with Crippen molar-refractivity contribution in [1.82, 2.24) is 25.6 Å². The first-order valence-corrected chi connectivity index (χ1v) is 12.1. The van der Waals surface area contributed by atoms with Gasteiger partial charge in [0.1, 0.15) is 0 Å². The highest BCUT2D eigenvalue weighted by Crippen LogP contribution is 2.27. The molecule has 0 unspecified atom stereocenters. The van der Waals surface area contributed by atoms with Crippen molar-refractivity contribution in [1.29, 1.82) is 0 Å². The second-order valence-corrected chi connectivity index (χ2v) is 8.73. The summed E-state index contributed by atoms with van der Waals surface area (Å²) in [7, 11) is 1.78. The third kappa shape index (κ3) is 7.60. The van der Waals surface area contributed by atoms with E-state index in [0.29, 0.717) is 18.4 Å². The molecule has 182 valence electrons. The van der Waals surface area contributed by atoms with Crippen molar-refractivity contribution in [3.63, 3.8) is 0 Å². The van der Waals surface area contributed by atoms with Crippen molar-refractivity contribution >= 4 is 35.8 Å². The van der Waals surface area contributed by atoms with E-state index in [4.69, 9.17) is 4.52 Å². The standard InChI is InChI=1S/C23H40N6O2.HI/c1-4-18(5-2)21-16-20(31-27-21)17-26-23(24-3)25-10-11-28-12-14-29(15-13-28)22(30)19-8-6-7-9-19;/h16,18-19H,4-15,17H2,1-3H3,(H2,24,25,26);1H. The number of nitrogens with zero attached hydrogens (tertiary/aromatic N) is 4. The Kier molecular flexibility index (Phi) is 11.8. The molecule has 2 heterocycles. The lowest BCUT2D eigenvalue weighted by atomic mass is 9.99. The number of piperazine rings is 1. The highest BCUT2D eigenvalue weighted by atomic mass is 127. The van der Waals surface area contributed by atoms with Gasteiger partial charge in [0.25, 0.3) is 0 Å². The monoisotopic (exact) mass is 560 g/mol. The van der Waals surface area contributed by atoms with Gasteiger partial charge in [-0.25, -0.2) is 0 Å². The Morgan fingerprint density at radius 3 is 2.50 bits per heavy atom. The van der Waals surface area contributed by atoms with Crippen molar-refractivity contribution in [2.45, 2.75) is 64.8 Å². The molecule has 1 saturated carbocycles. The molecule has 2 aliphatic rings. The zero-order valence-electron chi connectivity index (χ0n) is 19.9. The summed E-state index contributed by atoms with van der Waals surface area (Å²) in [6.07, 6.45) is 6.74. The number of hydrogen-bond acceptors (Lipinski definition) is 5. The van der Waals surface area contributed by atoms with E-state index in [1.807, 2.05) is 6.07 Å². The summed E-state index contributed by atoms with van der Waals surface area (Å²) in [5.74, 6) is 2.73.